The van der Waals surface area contributed by atoms with E-state index in [1.54, 1.807) is 24.3 Å². The largest absolute Gasteiger partial charge is 0.507 e. The van der Waals surface area contributed by atoms with Crippen LogP contribution < -0.4 is 0 Å². The average Bonchev–Trinajstić information content (AvgIpc) is 2.43. The van der Waals surface area contributed by atoms with Crippen LogP contribution in [0.2, 0.25) is 0 Å². The molecule has 5 heteroatoms. The van der Waals surface area contributed by atoms with Gasteiger partial charge in [-0.15, -0.1) is 0 Å². The van der Waals surface area contributed by atoms with Gasteiger partial charge in [-0.05, 0) is 36.4 Å². The number of carbonyl (C=O) groups is 2. The van der Waals surface area contributed by atoms with Crippen LogP contribution in [-0.4, -0.2) is 22.8 Å². The van der Waals surface area contributed by atoms with Crippen LogP contribution >= 0.6 is 11.8 Å². The summed E-state index contributed by atoms with van der Waals surface area (Å²) in [6, 6.07) is 9.32. The highest BCUT2D eigenvalue weighted by Crippen LogP contribution is 2.32. The van der Waals surface area contributed by atoms with Gasteiger partial charge in [-0.2, -0.15) is 0 Å². The third kappa shape index (κ3) is 2.95. The van der Waals surface area contributed by atoms with Gasteiger partial charge in [0.05, 0.1) is 11.1 Å². The van der Waals surface area contributed by atoms with Gasteiger partial charge in [-0.1, -0.05) is 11.8 Å². The predicted octanol–water partition coefficient (Wildman–Crippen LogP) is 2.87. The molecule has 0 aliphatic heterocycles. The minimum Gasteiger partial charge on any atom is -0.507 e. The summed E-state index contributed by atoms with van der Waals surface area (Å²) in [5, 5.41) is 18.8. The molecule has 2 aromatic rings. The summed E-state index contributed by atoms with van der Waals surface area (Å²) in [5.74, 6) is -0.141. The lowest BCUT2D eigenvalue weighted by molar-refractivity contribution is 0.111. The summed E-state index contributed by atoms with van der Waals surface area (Å²) >= 11 is 1.32. The van der Waals surface area contributed by atoms with Crippen LogP contribution in [0.3, 0.4) is 0 Å². The van der Waals surface area contributed by atoms with E-state index < -0.39 is 0 Å². The normalized spacial score (nSPS) is 10.1. The molecule has 0 amide bonds. The molecule has 0 unspecified atom stereocenters. The van der Waals surface area contributed by atoms with Crippen molar-refractivity contribution in [3.63, 3.8) is 0 Å². The summed E-state index contributed by atoms with van der Waals surface area (Å²) < 4.78 is 0. The van der Waals surface area contributed by atoms with E-state index >= 15 is 0 Å². The Labute approximate surface area is 113 Å². The van der Waals surface area contributed by atoms with Gasteiger partial charge in [0.15, 0.2) is 12.6 Å². The van der Waals surface area contributed by atoms with Crippen LogP contribution in [0.25, 0.3) is 0 Å². The highest BCUT2D eigenvalue weighted by atomic mass is 32.2. The van der Waals surface area contributed by atoms with E-state index in [1.165, 1.54) is 23.9 Å². The maximum Gasteiger partial charge on any atom is 0.153 e. The predicted molar refractivity (Wildman–Crippen MR) is 71.1 cm³/mol. The number of rotatable bonds is 4. The fourth-order valence-electron chi connectivity index (χ4n) is 1.52. The third-order valence-corrected chi connectivity index (χ3v) is 3.47. The zero-order chi connectivity index (χ0) is 13.8. The molecule has 0 radical (unpaired) electrons. The van der Waals surface area contributed by atoms with Gasteiger partial charge >= 0.3 is 0 Å². The van der Waals surface area contributed by atoms with Gasteiger partial charge in [0.25, 0.3) is 0 Å². The Morgan fingerprint density at radius 3 is 1.58 bits per heavy atom. The number of phenolic OH excluding ortho intramolecular Hbond substituents is 2. The fraction of sp³-hybridized carbons (Fsp3) is 0. The zero-order valence-electron chi connectivity index (χ0n) is 9.74. The molecule has 0 atom stereocenters. The molecule has 0 aromatic heterocycles. The number of hydrogen-bond acceptors (Lipinski definition) is 5. The molecule has 0 fully saturated rings. The first-order valence-corrected chi connectivity index (χ1v) is 6.20. The maximum absolute atomic E-state index is 10.7. The second kappa shape index (κ2) is 5.58. The van der Waals surface area contributed by atoms with Crippen molar-refractivity contribution in [2.45, 2.75) is 9.79 Å². The van der Waals surface area contributed by atoms with Crippen molar-refractivity contribution in [1.29, 1.82) is 0 Å². The highest BCUT2D eigenvalue weighted by Gasteiger charge is 2.06. The second-order valence-corrected chi connectivity index (χ2v) is 4.93. The fourth-order valence-corrected chi connectivity index (χ4v) is 2.43. The lowest BCUT2D eigenvalue weighted by Crippen LogP contribution is -1.84. The first kappa shape index (κ1) is 13.2. The molecule has 0 aliphatic carbocycles. The molecule has 4 nitrogen and oxygen atoms in total. The summed E-state index contributed by atoms with van der Waals surface area (Å²) in [7, 11) is 0. The summed E-state index contributed by atoms with van der Waals surface area (Å²) in [6.07, 6.45) is 1.15. The van der Waals surface area contributed by atoms with Crippen molar-refractivity contribution in [3.8, 4) is 11.5 Å². The molecular formula is C14H10O4S. The summed E-state index contributed by atoms with van der Waals surface area (Å²) in [6.45, 7) is 0. The van der Waals surface area contributed by atoms with Gasteiger partial charge < -0.3 is 10.2 Å². The Morgan fingerprint density at radius 2 is 1.21 bits per heavy atom. The van der Waals surface area contributed by atoms with Crippen LogP contribution in [0.15, 0.2) is 46.2 Å². The van der Waals surface area contributed by atoms with E-state index in [0.29, 0.717) is 12.6 Å². The SMILES string of the molecule is O=Cc1cc(Sc2ccc(O)c(C=O)c2)ccc1O. The van der Waals surface area contributed by atoms with Gasteiger partial charge in [0.1, 0.15) is 11.5 Å². The lowest BCUT2D eigenvalue weighted by atomic mass is 10.2. The molecule has 0 aliphatic rings. The minimum atomic E-state index is -0.0707. The van der Waals surface area contributed by atoms with Crippen molar-refractivity contribution < 1.29 is 19.8 Å². The van der Waals surface area contributed by atoms with Crippen LogP contribution in [0, 0.1) is 0 Å². The maximum atomic E-state index is 10.7. The second-order valence-electron chi connectivity index (χ2n) is 3.78. The quantitative estimate of drug-likeness (QED) is 0.838. The van der Waals surface area contributed by atoms with Gasteiger partial charge in [-0.25, -0.2) is 0 Å². The van der Waals surface area contributed by atoms with E-state index in [-0.39, 0.29) is 22.6 Å². The molecule has 2 N–H and O–H groups in total. The van der Waals surface area contributed by atoms with Crippen LogP contribution in [0.4, 0.5) is 0 Å². The summed E-state index contributed by atoms with van der Waals surface area (Å²) in [4.78, 5) is 23.0. The summed E-state index contributed by atoms with van der Waals surface area (Å²) in [5.41, 5.74) is 0.416. The van der Waals surface area contributed by atoms with Crippen molar-refractivity contribution in [3.05, 3.63) is 47.5 Å². The van der Waals surface area contributed by atoms with Crippen LogP contribution in [0.5, 0.6) is 11.5 Å². The monoisotopic (exact) mass is 274 g/mol. The molecular weight excluding hydrogens is 264 g/mol. The Balaban J connectivity index is 2.30. The number of benzene rings is 2. The standard InChI is InChI=1S/C14H10O4S/c15-7-9-5-11(1-3-13(9)17)19-12-2-4-14(18)10(6-12)8-16/h1-8,17-18H. The molecule has 0 saturated carbocycles. The Kier molecular flexibility index (Phi) is 3.87. The van der Waals surface area contributed by atoms with Gasteiger partial charge in [-0.3, -0.25) is 9.59 Å². The van der Waals surface area contributed by atoms with Gasteiger partial charge in [0, 0.05) is 9.79 Å². The molecule has 19 heavy (non-hydrogen) atoms. The number of aldehydes is 2. The molecule has 0 spiro atoms. The molecule has 2 rings (SSSR count). The average molecular weight is 274 g/mol. The Bertz CT molecular complexity index is 582. The smallest absolute Gasteiger partial charge is 0.153 e. The number of phenols is 2. The first-order valence-electron chi connectivity index (χ1n) is 5.38. The van der Waals surface area contributed by atoms with Gasteiger partial charge in [0.2, 0.25) is 0 Å². The van der Waals surface area contributed by atoms with E-state index in [9.17, 15) is 19.8 Å². The number of carbonyl (C=O) groups excluding carboxylic acids is 2. The molecule has 0 heterocycles. The highest BCUT2D eigenvalue weighted by molar-refractivity contribution is 7.99. The van der Waals surface area contributed by atoms with E-state index in [1.807, 2.05) is 0 Å². The number of hydrogen-bond donors (Lipinski definition) is 2. The van der Waals surface area contributed by atoms with Crippen LogP contribution in [0.1, 0.15) is 20.7 Å². The van der Waals surface area contributed by atoms with Crippen molar-refractivity contribution in [1.82, 2.24) is 0 Å². The van der Waals surface area contributed by atoms with Crippen molar-refractivity contribution in [2.75, 3.05) is 0 Å². The zero-order valence-corrected chi connectivity index (χ0v) is 10.6. The Morgan fingerprint density at radius 1 is 0.789 bits per heavy atom. The first-order chi connectivity index (χ1) is 9.13. The molecule has 2 aromatic carbocycles. The topological polar surface area (TPSA) is 74.6 Å². The molecule has 0 bridgehead atoms. The van der Waals surface area contributed by atoms with Crippen LogP contribution in [-0.2, 0) is 0 Å². The minimum absolute atomic E-state index is 0.0707. The molecule has 0 saturated heterocycles. The van der Waals surface area contributed by atoms with E-state index in [2.05, 4.69) is 0 Å². The Hall–Kier alpha value is -2.27. The van der Waals surface area contributed by atoms with Crippen molar-refractivity contribution in [2.24, 2.45) is 0 Å². The lowest BCUT2D eigenvalue weighted by Gasteiger charge is -2.05. The molecule has 96 valence electrons. The third-order valence-electron chi connectivity index (χ3n) is 2.49. The van der Waals surface area contributed by atoms with E-state index in [4.69, 9.17) is 0 Å². The van der Waals surface area contributed by atoms with E-state index in [0.717, 1.165) is 9.79 Å². The van der Waals surface area contributed by atoms with Crippen molar-refractivity contribution >= 4 is 24.3 Å². The number of aromatic hydroxyl groups is 2.